The van der Waals surface area contributed by atoms with E-state index in [0.29, 0.717) is 4.38 Å². The van der Waals surface area contributed by atoms with Crippen LogP contribution in [0, 0.1) is 0 Å². The zero-order valence-electron chi connectivity index (χ0n) is 13.4. The fourth-order valence-electron chi connectivity index (χ4n) is 1.29. The first-order valence-electron chi connectivity index (χ1n) is 6.89. The molecule has 0 aliphatic carbocycles. The van der Waals surface area contributed by atoms with E-state index in [4.69, 9.17) is 15.9 Å². The number of carbonyl (C=O) groups excluding carboxylic acids is 1. The number of carboxylic acid groups (broad SMARTS) is 2. The van der Waals surface area contributed by atoms with Crippen molar-refractivity contribution in [1.82, 2.24) is 4.06 Å². The molecule has 126 valence electrons. The number of nitrogens with two attached hydrogens (primary N) is 2. The number of hydrogen-bond donors (Lipinski definition) is 5. The van der Waals surface area contributed by atoms with Gasteiger partial charge in [0.25, 0.3) is 0 Å². The van der Waals surface area contributed by atoms with Gasteiger partial charge in [-0.25, -0.2) is 0 Å². The van der Waals surface area contributed by atoms with Crippen molar-refractivity contribution in [1.29, 1.82) is 0 Å². The molecule has 8 nitrogen and oxygen atoms in total. The Morgan fingerprint density at radius 2 is 1.70 bits per heavy atom. The Kier molecular flexibility index (Phi) is 15.6. The summed E-state index contributed by atoms with van der Waals surface area (Å²) in [5.74, 6) is -2.20. The number of nitrogens with one attached hydrogen (secondary N) is 1. The van der Waals surface area contributed by atoms with Crippen molar-refractivity contribution in [3.05, 3.63) is 35.9 Å². The van der Waals surface area contributed by atoms with Crippen molar-refractivity contribution in [2.45, 2.75) is 18.9 Å². The van der Waals surface area contributed by atoms with Crippen molar-refractivity contribution in [3.8, 4) is 0 Å². The van der Waals surface area contributed by atoms with Gasteiger partial charge in [0.15, 0.2) is 0 Å². The van der Waals surface area contributed by atoms with Crippen molar-refractivity contribution >= 4 is 16.3 Å². The van der Waals surface area contributed by atoms with Crippen LogP contribution in [0.15, 0.2) is 30.3 Å². The minimum absolute atomic E-state index is 0.0231. The molecular weight excluding hydrogens is 356 g/mol. The van der Waals surface area contributed by atoms with Crippen molar-refractivity contribution in [2.75, 3.05) is 14.1 Å². The van der Waals surface area contributed by atoms with E-state index in [-0.39, 0.29) is 12.8 Å². The fraction of sp³-hybridized carbons (Fsp3) is 0.357. The van der Waals surface area contributed by atoms with E-state index >= 15 is 0 Å². The molecule has 0 aliphatic heterocycles. The van der Waals surface area contributed by atoms with Crippen LogP contribution in [0.4, 0.5) is 0 Å². The molecule has 1 rings (SSSR count). The molecular formula is C14H23N3O5Zn. The number of benzene rings is 1. The number of carbonyl (C=O) groups is 3. The molecule has 7 N–H and O–H groups in total. The maximum atomic E-state index is 11.3. The Balaban J connectivity index is 0. The van der Waals surface area contributed by atoms with Crippen LogP contribution in [0.3, 0.4) is 0 Å². The average Bonchev–Trinajstić information content (AvgIpc) is 2.56. The Labute approximate surface area is 143 Å². The van der Waals surface area contributed by atoms with E-state index in [2.05, 4.69) is 9.79 Å². The summed E-state index contributed by atoms with van der Waals surface area (Å²) in [5, 5.41) is 16.3. The number of hydrogen-bond acceptors (Lipinski definition) is 6. The molecule has 0 fully saturated rings. The Bertz CT molecular complexity index is 471. The van der Waals surface area contributed by atoms with E-state index in [1.165, 1.54) is 7.05 Å². The number of carboxylic acids is 2. The molecule has 23 heavy (non-hydrogen) atoms. The number of aliphatic carboxylic acids is 2. The van der Waals surface area contributed by atoms with Gasteiger partial charge in [-0.2, -0.15) is 0 Å². The first-order valence-corrected chi connectivity index (χ1v) is 9.86. The Hall–Kier alpha value is -1.67. The van der Waals surface area contributed by atoms with Crippen molar-refractivity contribution in [3.63, 3.8) is 0 Å². The van der Waals surface area contributed by atoms with Crippen molar-refractivity contribution < 1.29 is 42.0 Å². The van der Waals surface area contributed by atoms with Crippen LogP contribution in [-0.4, -0.2) is 46.7 Å². The zero-order chi connectivity index (χ0) is 18.3. The summed E-state index contributed by atoms with van der Waals surface area (Å²) in [6, 6.07) is 8.38. The van der Waals surface area contributed by atoms with Gasteiger partial charge >= 0.3 is 85.5 Å². The van der Waals surface area contributed by atoms with E-state index in [1.54, 1.807) is 0 Å². The van der Waals surface area contributed by atoms with Gasteiger partial charge in [0.05, 0.1) is 0 Å². The van der Waals surface area contributed by atoms with Crippen molar-refractivity contribution in [2.24, 2.45) is 11.5 Å². The normalized spacial score (nSPS) is 9.91. The molecule has 0 amide bonds. The second kappa shape index (κ2) is 15.2. The van der Waals surface area contributed by atoms with E-state index in [9.17, 15) is 14.4 Å². The Morgan fingerprint density at radius 1 is 1.17 bits per heavy atom. The van der Waals surface area contributed by atoms with E-state index in [1.807, 2.05) is 37.4 Å². The summed E-state index contributed by atoms with van der Waals surface area (Å²) < 4.78 is 3.32. The van der Waals surface area contributed by atoms with Gasteiger partial charge < -0.3 is 21.7 Å². The minimum Gasteiger partial charge on any atom is -0.481 e. The molecule has 1 aromatic carbocycles. The summed E-state index contributed by atoms with van der Waals surface area (Å²) in [4.78, 5) is 31.1. The summed E-state index contributed by atoms with van der Waals surface area (Å²) in [6.45, 7) is 0. The average molecular weight is 379 g/mol. The minimum atomic E-state index is -1.17. The van der Waals surface area contributed by atoms with Crippen LogP contribution in [-0.2, 0) is 27.0 Å². The predicted molar refractivity (Wildman–Crippen MR) is 82.4 cm³/mol. The standard InChI is InChI=1S/C7H5O.C5H9NO4.CH5N.CH4N.Zn/c8-6-7-4-2-1-3-5-7;6-3(5(9)10)1-2-4(7)8;2*1-2;/h1-5H;3H,1-2,6H2,(H,7,8)(H,9,10);2H2,1H3;2H,1H3;/q;;;-1;+1. The largest absolute Gasteiger partial charge is 0.481 e. The molecule has 0 saturated carbocycles. The first-order chi connectivity index (χ1) is 10.9. The summed E-state index contributed by atoms with van der Waals surface area (Å²) >= 11 is -1.14. The van der Waals surface area contributed by atoms with Crippen LogP contribution in [0.2, 0.25) is 0 Å². The fourth-order valence-corrected chi connectivity index (χ4v) is 2.89. The molecule has 0 bridgehead atoms. The molecule has 0 heterocycles. The predicted octanol–water partition coefficient (Wildman–Crippen LogP) is -0.118. The van der Waals surface area contributed by atoms with Crippen LogP contribution in [0.5, 0.6) is 0 Å². The summed E-state index contributed by atoms with van der Waals surface area (Å²) in [6.07, 6.45) is -0.224. The molecule has 9 heteroatoms. The topological polar surface area (TPSA) is 156 Å². The molecule has 0 aromatic heterocycles. The van der Waals surface area contributed by atoms with E-state index in [0.717, 1.165) is 5.56 Å². The van der Waals surface area contributed by atoms with Gasteiger partial charge in [-0.15, -0.1) is 0 Å². The molecule has 1 atom stereocenters. The monoisotopic (exact) mass is 377 g/mol. The van der Waals surface area contributed by atoms with Gasteiger partial charge in [-0.05, 0) is 13.5 Å². The van der Waals surface area contributed by atoms with E-state index < -0.39 is 35.3 Å². The van der Waals surface area contributed by atoms with Gasteiger partial charge in [-0.1, -0.05) is 0 Å². The number of rotatable bonds is 7. The van der Waals surface area contributed by atoms with Crippen LogP contribution >= 0.6 is 0 Å². The second-order valence-corrected chi connectivity index (χ2v) is 7.77. The maximum Gasteiger partial charge on any atom is 0.320 e. The molecule has 0 aliphatic rings. The quantitative estimate of drug-likeness (QED) is 0.411. The maximum absolute atomic E-state index is 11.3. The Morgan fingerprint density at radius 3 is 2.09 bits per heavy atom. The van der Waals surface area contributed by atoms with Gasteiger partial charge in [0.2, 0.25) is 0 Å². The first kappa shape index (κ1) is 23.6. The molecule has 0 saturated heterocycles. The van der Waals surface area contributed by atoms with Gasteiger partial charge in [0.1, 0.15) is 6.04 Å². The third-order valence-electron chi connectivity index (χ3n) is 2.42. The van der Waals surface area contributed by atoms with Crippen LogP contribution in [0.25, 0.3) is 0 Å². The third kappa shape index (κ3) is 13.7. The molecule has 1 unspecified atom stereocenters. The zero-order valence-corrected chi connectivity index (χ0v) is 16.3. The summed E-state index contributed by atoms with van der Waals surface area (Å²) in [5.41, 5.74) is 10.4. The molecule has 0 radical (unpaired) electrons. The van der Waals surface area contributed by atoms with Gasteiger partial charge in [-0.3, -0.25) is 9.59 Å². The molecule has 1 aromatic rings. The summed E-state index contributed by atoms with van der Waals surface area (Å²) in [7, 11) is 3.35. The smallest absolute Gasteiger partial charge is 0.320 e. The third-order valence-corrected chi connectivity index (χ3v) is 4.69. The van der Waals surface area contributed by atoms with Gasteiger partial charge in [0, 0.05) is 6.42 Å². The van der Waals surface area contributed by atoms with Crippen LogP contribution in [0.1, 0.15) is 23.2 Å². The SMILES string of the molecule is CN.C[NH][Zn][C](=O)c1ccccc1.NC(CCC(=O)O)C(=O)O. The second-order valence-electron chi connectivity index (χ2n) is 4.20. The molecule has 0 spiro atoms. The van der Waals surface area contributed by atoms with Crippen LogP contribution < -0.4 is 15.5 Å².